The van der Waals surface area contributed by atoms with E-state index in [0.29, 0.717) is 6.04 Å². The topological polar surface area (TPSA) is 12.0 Å². The van der Waals surface area contributed by atoms with Crippen LogP contribution >= 0.6 is 27.5 Å². The molecule has 0 radical (unpaired) electrons. The first-order valence-corrected chi connectivity index (χ1v) is 8.00. The van der Waals surface area contributed by atoms with Crippen molar-refractivity contribution in [3.63, 3.8) is 0 Å². The average molecular weight is 331 g/mol. The van der Waals surface area contributed by atoms with E-state index in [9.17, 15) is 0 Å². The van der Waals surface area contributed by atoms with Crippen LogP contribution in [-0.2, 0) is 0 Å². The molecule has 3 heteroatoms. The molecule has 1 saturated carbocycles. The van der Waals surface area contributed by atoms with Crippen LogP contribution in [0.1, 0.15) is 50.1 Å². The fraction of sp³-hybridized carbons (Fsp3) is 0.600. The molecule has 0 aromatic heterocycles. The van der Waals surface area contributed by atoms with E-state index in [1.165, 1.54) is 44.1 Å². The minimum Gasteiger partial charge on any atom is -0.313 e. The number of hydrogen-bond acceptors (Lipinski definition) is 1. The Morgan fingerprint density at radius 1 is 1.39 bits per heavy atom. The predicted molar refractivity (Wildman–Crippen MR) is 82.1 cm³/mol. The molecule has 1 aromatic carbocycles. The molecule has 1 nitrogen and oxygen atoms in total. The molecule has 1 unspecified atom stereocenters. The van der Waals surface area contributed by atoms with Crippen LogP contribution in [0.3, 0.4) is 0 Å². The fourth-order valence-corrected chi connectivity index (χ4v) is 3.42. The molecule has 0 amide bonds. The number of rotatable bonds is 5. The average Bonchev–Trinajstić information content (AvgIpc) is 2.87. The quantitative estimate of drug-likeness (QED) is 0.769. The van der Waals surface area contributed by atoms with Crippen molar-refractivity contribution in [2.24, 2.45) is 5.92 Å². The van der Waals surface area contributed by atoms with Crippen LogP contribution in [-0.4, -0.2) is 7.05 Å². The van der Waals surface area contributed by atoms with Crippen molar-refractivity contribution in [2.75, 3.05) is 7.05 Å². The second-order valence-corrected chi connectivity index (χ2v) is 6.50. The highest BCUT2D eigenvalue weighted by Gasteiger charge is 2.17. The van der Waals surface area contributed by atoms with Crippen molar-refractivity contribution in [3.8, 4) is 0 Å². The first-order chi connectivity index (χ1) is 8.70. The monoisotopic (exact) mass is 329 g/mol. The van der Waals surface area contributed by atoms with E-state index in [1.54, 1.807) is 0 Å². The third-order valence-corrected chi connectivity index (χ3v) is 5.25. The molecule has 1 aliphatic rings. The maximum absolute atomic E-state index is 6.04. The summed E-state index contributed by atoms with van der Waals surface area (Å²) in [5, 5.41) is 4.21. The molecule has 0 spiro atoms. The van der Waals surface area contributed by atoms with Crippen molar-refractivity contribution in [2.45, 2.75) is 44.6 Å². The minimum atomic E-state index is 0.444. The zero-order valence-corrected chi connectivity index (χ0v) is 13.2. The van der Waals surface area contributed by atoms with E-state index in [0.717, 1.165) is 15.4 Å². The molecule has 1 fully saturated rings. The van der Waals surface area contributed by atoms with Crippen LogP contribution in [0.5, 0.6) is 0 Å². The lowest BCUT2D eigenvalue weighted by atomic mass is 9.95. The van der Waals surface area contributed by atoms with Crippen molar-refractivity contribution in [1.82, 2.24) is 5.32 Å². The normalized spacial score (nSPS) is 18.2. The van der Waals surface area contributed by atoms with Gasteiger partial charge in [-0.25, -0.2) is 0 Å². The molecule has 100 valence electrons. The summed E-state index contributed by atoms with van der Waals surface area (Å²) in [6.07, 6.45) is 8.28. The van der Waals surface area contributed by atoms with E-state index in [1.807, 2.05) is 13.1 Å². The van der Waals surface area contributed by atoms with Crippen LogP contribution in [0.15, 0.2) is 22.7 Å². The zero-order chi connectivity index (χ0) is 13.0. The number of nitrogens with one attached hydrogen (secondary N) is 1. The molecular formula is C15H21BrClN. The maximum Gasteiger partial charge on any atom is 0.0548 e. The lowest BCUT2D eigenvalue weighted by Crippen LogP contribution is -2.17. The summed E-state index contributed by atoms with van der Waals surface area (Å²) < 4.78 is 0.989. The number of hydrogen-bond donors (Lipinski definition) is 1. The van der Waals surface area contributed by atoms with Crippen molar-refractivity contribution in [3.05, 3.63) is 33.3 Å². The maximum atomic E-state index is 6.04. The van der Waals surface area contributed by atoms with Gasteiger partial charge in [0, 0.05) is 10.5 Å². The standard InChI is InChI=1S/C15H21BrClN/c1-18-15(9-6-11-4-2-3-5-11)12-7-8-14(17)13(16)10-12/h7-8,10-11,15,18H,2-6,9H2,1H3. The summed E-state index contributed by atoms with van der Waals surface area (Å²) in [5.41, 5.74) is 1.33. The van der Waals surface area contributed by atoms with Crippen LogP contribution < -0.4 is 5.32 Å². The Hall–Kier alpha value is -0.0500. The minimum absolute atomic E-state index is 0.444. The molecule has 0 heterocycles. The largest absolute Gasteiger partial charge is 0.313 e. The Kier molecular flexibility index (Phi) is 5.53. The first kappa shape index (κ1) is 14.4. The van der Waals surface area contributed by atoms with Gasteiger partial charge in [-0.2, -0.15) is 0 Å². The zero-order valence-electron chi connectivity index (χ0n) is 10.9. The summed E-state index contributed by atoms with van der Waals surface area (Å²) >= 11 is 9.54. The molecule has 1 N–H and O–H groups in total. The van der Waals surface area contributed by atoms with E-state index in [4.69, 9.17) is 11.6 Å². The molecule has 2 rings (SSSR count). The highest BCUT2D eigenvalue weighted by atomic mass is 79.9. The SMILES string of the molecule is CNC(CCC1CCCC1)c1ccc(Cl)c(Br)c1. The van der Waals surface area contributed by atoms with Gasteiger partial charge < -0.3 is 5.32 Å². The smallest absolute Gasteiger partial charge is 0.0548 e. The van der Waals surface area contributed by atoms with Gasteiger partial charge in [0.1, 0.15) is 0 Å². The molecule has 18 heavy (non-hydrogen) atoms. The van der Waals surface area contributed by atoms with Crippen molar-refractivity contribution >= 4 is 27.5 Å². The number of halogens is 2. The van der Waals surface area contributed by atoms with Gasteiger partial charge in [-0.05, 0) is 59.4 Å². The van der Waals surface area contributed by atoms with Gasteiger partial charge in [0.25, 0.3) is 0 Å². The highest BCUT2D eigenvalue weighted by Crippen LogP contribution is 2.32. The van der Waals surface area contributed by atoms with Gasteiger partial charge in [0.05, 0.1) is 5.02 Å². The van der Waals surface area contributed by atoms with Gasteiger partial charge in [-0.15, -0.1) is 0 Å². The van der Waals surface area contributed by atoms with E-state index in [-0.39, 0.29) is 0 Å². The van der Waals surface area contributed by atoms with Gasteiger partial charge in [-0.1, -0.05) is 43.4 Å². The molecule has 1 aliphatic carbocycles. The molecular weight excluding hydrogens is 310 g/mol. The van der Waals surface area contributed by atoms with Gasteiger partial charge in [0.15, 0.2) is 0 Å². The predicted octanol–water partition coefficient (Wildman–Crippen LogP) is 5.33. The lowest BCUT2D eigenvalue weighted by molar-refractivity contribution is 0.427. The fourth-order valence-electron chi connectivity index (χ4n) is 2.91. The van der Waals surface area contributed by atoms with Crippen LogP contribution in [0.2, 0.25) is 5.02 Å². The summed E-state index contributed by atoms with van der Waals surface area (Å²) in [6.45, 7) is 0. The van der Waals surface area contributed by atoms with Gasteiger partial charge in [0.2, 0.25) is 0 Å². The lowest BCUT2D eigenvalue weighted by Gasteiger charge is -2.19. The summed E-state index contributed by atoms with van der Waals surface area (Å²) in [6, 6.07) is 6.68. The van der Waals surface area contributed by atoms with Crippen molar-refractivity contribution < 1.29 is 0 Å². The molecule has 1 aromatic rings. The van der Waals surface area contributed by atoms with Crippen LogP contribution in [0.25, 0.3) is 0 Å². The van der Waals surface area contributed by atoms with Gasteiger partial charge in [-0.3, -0.25) is 0 Å². The van der Waals surface area contributed by atoms with Crippen LogP contribution in [0, 0.1) is 5.92 Å². The second kappa shape index (κ2) is 6.93. The first-order valence-electron chi connectivity index (χ1n) is 6.83. The van der Waals surface area contributed by atoms with E-state index >= 15 is 0 Å². The number of benzene rings is 1. The van der Waals surface area contributed by atoms with Gasteiger partial charge >= 0.3 is 0 Å². The Bertz CT molecular complexity index is 388. The Balaban J connectivity index is 1.96. The summed E-state index contributed by atoms with van der Waals surface area (Å²) in [4.78, 5) is 0. The molecule has 1 atom stereocenters. The van der Waals surface area contributed by atoms with Crippen molar-refractivity contribution in [1.29, 1.82) is 0 Å². The molecule has 0 saturated heterocycles. The van der Waals surface area contributed by atoms with Crippen LogP contribution in [0.4, 0.5) is 0 Å². The summed E-state index contributed by atoms with van der Waals surface area (Å²) in [7, 11) is 2.04. The Labute approximate surface area is 123 Å². The molecule has 0 bridgehead atoms. The molecule has 0 aliphatic heterocycles. The third-order valence-electron chi connectivity index (χ3n) is 4.03. The van der Waals surface area contributed by atoms with E-state index in [2.05, 4.69) is 33.4 Å². The highest BCUT2D eigenvalue weighted by molar-refractivity contribution is 9.10. The van der Waals surface area contributed by atoms with E-state index < -0.39 is 0 Å². The summed E-state index contributed by atoms with van der Waals surface area (Å²) in [5.74, 6) is 0.955. The Morgan fingerprint density at radius 3 is 2.72 bits per heavy atom. The third kappa shape index (κ3) is 3.72. The Morgan fingerprint density at radius 2 is 2.11 bits per heavy atom. The second-order valence-electron chi connectivity index (χ2n) is 5.24.